The van der Waals surface area contributed by atoms with E-state index in [1.54, 1.807) is 12.2 Å². The monoisotopic (exact) mass is 229 g/mol. The third-order valence-electron chi connectivity index (χ3n) is 2.73. The molecule has 1 fully saturated rings. The smallest absolute Gasteiger partial charge is 0.405 e. The van der Waals surface area contributed by atoms with Gasteiger partial charge in [0, 0.05) is 12.8 Å². The Morgan fingerprint density at radius 1 is 1.31 bits per heavy atom. The summed E-state index contributed by atoms with van der Waals surface area (Å²) in [5.41, 5.74) is 4.96. The van der Waals surface area contributed by atoms with E-state index in [4.69, 9.17) is 19.9 Å². The minimum absolute atomic E-state index is 0.154. The van der Waals surface area contributed by atoms with Gasteiger partial charge >= 0.3 is 6.09 Å². The summed E-state index contributed by atoms with van der Waals surface area (Å²) < 4.78 is 15.6. The van der Waals surface area contributed by atoms with Crippen LogP contribution in [-0.4, -0.2) is 42.4 Å². The summed E-state index contributed by atoms with van der Waals surface area (Å²) in [7, 11) is 0. The third kappa shape index (κ3) is 2.72. The first-order chi connectivity index (χ1) is 7.65. The highest BCUT2D eigenvalue weighted by molar-refractivity contribution is 5.65. The first-order valence-electron chi connectivity index (χ1n) is 5.21. The molecule has 1 amide bonds. The molecule has 4 unspecified atom stereocenters. The molecule has 6 heteroatoms. The van der Waals surface area contributed by atoms with E-state index >= 15 is 0 Å². The molecular formula is C10H15NO5. The van der Waals surface area contributed by atoms with Crippen LogP contribution in [0.4, 0.5) is 4.79 Å². The van der Waals surface area contributed by atoms with Gasteiger partial charge in [-0.1, -0.05) is 6.08 Å². The van der Waals surface area contributed by atoms with E-state index in [1.165, 1.54) is 0 Å². The van der Waals surface area contributed by atoms with Gasteiger partial charge in [0.1, 0.15) is 12.9 Å². The Kier molecular flexibility index (Phi) is 3.42. The zero-order valence-corrected chi connectivity index (χ0v) is 8.74. The number of fused-ring (bicyclic) bond motifs is 1. The van der Waals surface area contributed by atoms with Gasteiger partial charge in [0.2, 0.25) is 0 Å². The van der Waals surface area contributed by atoms with Crippen molar-refractivity contribution in [3.63, 3.8) is 0 Å². The molecule has 90 valence electrons. The van der Waals surface area contributed by atoms with Gasteiger partial charge in [-0.15, -0.1) is 0 Å². The maximum atomic E-state index is 10.7. The van der Waals surface area contributed by atoms with Crippen molar-refractivity contribution in [1.29, 1.82) is 0 Å². The number of nitrogens with two attached hydrogens (primary N) is 1. The number of aliphatic hydroxyl groups excluding tert-OH is 1. The molecule has 16 heavy (non-hydrogen) atoms. The van der Waals surface area contributed by atoms with Gasteiger partial charge in [0.25, 0.3) is 0 Å². The molecule has 1 aliphatic carbocycles. The zero-order valence-electron chi connectivity index (χ0n) is 8.74. The van der Waals surface area contributed by atoms with Crippen LogP contribution in [0.25, 0.3) is 0 Å². The molecule has 0 aromatic rings. The van der Waals surface area contributed by atoms with Crippen molar-refractivity contribution in [1.82, 2.24) is 0 Å². The second-order valence-electron chi connectivity index (χ2n) is 3.93. The second-order valence-corrected chi connectivity index (χ2v) is 3.93. The van der Waals surface area contributed by atoms with Crippen LogP contribution < -0.4 is 5.73 Å². The van der Waals surface area contributed by atoms with Crippen LogP contribution in [0.1, 0.15) is 12.8 Å². The molecule has 1 saturated heterocycles. The summed E-state index contributed by atoms with van der Waals surface area (Å²) in [5, 5.41) is 9.62. The number of aliphatic hydroxyl groups is 1. The van der Waals surface area contributed by atoms with Crippen molar-refractivity contribution in [3.8, 4) is 0 Å². The highest BCUT2D eigenvalue weighted by Crippen LogP contribution is 2.25. The van der Waals surface area contributed by atoms with Crippen LogP contribution in [0.15, 0.2) is 12.2 Å². The Morgan fingerprint density at radius 3 is 2.69 bits per heavy atom. The van der Waals surface area contributed by atoms with E-state index in [-0.39, 0.29) is 19.0 Å². The maximum Gasteiger partial charge on any atom is 0.405 e. The van der Waals surface area contributed by atoms with Gasteiger partial charge < -0.3 is 25.1 Å². The van der Waals surface area contributed by atoms with E-state index in [2.05, 4.69) is 0 Å². The molecule has 0 saturated carbocycles. The van der Waals surface area contributed by atoms with Crippen molar-refractivity contribution < 1.29 is 24.1 Å². The highest BCUT2D eigenvalue weighted by atomic mass is 16.7. The fourth-order valence-corrected chi connectivity index (χ4v) is 1.98. The lowest BCUT2D eigenvalue weighted by molar-refractivity contribution is 0.0280. The minimum Gasteiger partial charge on any atom is -0.442 e. The van der Waals surface area contributed by atoms with Crippen LogP contribution in [-0.2, 0) is 14.2 Å². The van der Waals surface area contributed by atoms with E-state index in [0.29, 0.717) is 12.8 Å². The molecule has 3 N–H and O–H groups in total. The van der Waals surface area contributed by atoms with Crippen molar-refractivity contribution in [2.75, 3.05) is 6.79 Å². The summed E-state index contributed by atoms with van der Waals surface area (Å²) in [4.78, 5) is 10.7. The van der Waals surface area contributed by atoms with Crippen molar-refractivity contribution >= 4 is 6.09 Å². The van der Waals surface area contributed by atoms with Crippen LogP contribution >= 0.6 is 0 Å². The van der Waals surface area contributed by atoms with E-state index in [0.717, 1.165) is 0 Å². The van der Waals surface area contributed by atoms with Gasteiger partial charge in [-0.25, -0.2) is 4.79 Å². The molecule has 6 nitrogen and oxygen atoms in total. The Labute approximate surface area is 93.0 Å². The predicted octanol–water partition coefficient (Wildman–Crippen LogP) is -0.0973. The normalized spacial score (nSPS) is 38.6. The lowest BCUT2D eigenvalue weighted by Gasteiger charge is -2.24. The number of ether oxygens (including phenoxy) is 3. The first-order valence-corrected chi connectivity index (χ1v) is 5.21. The third-order valence-corrected chi connectivity index (χ3v) is 2.73. The molecule has 2 rings (SSSR count). The number of amides is 1. The fourth-order valence-electron chi connectivity index (χ4n) is 1.98. The molecule has 4 atom stereocenters. The summed E-state index contributed by atoms with van der Waals surface area (Å²) >= 11 is 0. The molecule has 0 aromatic heterocycles. The highest BCUT2D eigenvalue weighted by Gasteiger charge is 2.34. The zero-order chi connectivity index (χ0) is 11.5. The largest absolute Gasteiger partial charge is 0.442 e. The van der Waals surface area contributed by atoms with Gasteiger partial charge in [-0.2, -0.15) is 0 Å². The SMILES string of the molecule is NC(=O)OC1C=CC(O)CC2OCOC2C1. The molecule has 0 radical (unpaired) electrons. The second kappa shape index (κ2) is 4.82. The quantitative estimate of drug-likeness (QED) is 0.613. The number of carbonyl (C=O) groups excluding carboxylic acids is 1. The molecule has 1 aliphatic heterocycles. The minimum atomic E-state index is -0.833. The summed E-state index contributed by atoms with van der Waals surface area (Å²) in [6, 6.07) is 0. The number of carbonyl (C=O) groups is 1. The van der Waals surface area contributed by atoms with Crippen LogP contribution in [0.3, 0.4) is 0 Å². The molecular weight excluding hydrogens is 214 g/mol. The standard InChI is InChI=1S/C10H15NO5/c11-10(13)16-7-2-1-6(12)3-8-9(4-7)15-5-14-8/h1-2,6-9,12H,3-5H2,(H2,11,13). The lowest BCUT2D eigenvalue weighted by Crippen LogP contribution is -2.34. The van der Waals surface area contributed by atoms with Crippen LogP contribution in [0.5, 0.6) is 0 Å². The summed E-state index contributed by atoms with van der Waals surface area (Å²) in [6.07, 6.45) is 1.97. The molecule has 0 aromatic carbocycles. The van der Waals surface area contributed by atoms with E-state index in [1.807, 2.05) is 0 Å². The van der Waals surface area contributed by atoms with Crippen LogP contribution in [0.2, 0.25) is 0 Å². The Bertz CT molecular complexity index is 293. The average Bonchev–Trinajstić information content (AvgIpc) is 2.58. The number of hydrogen-bond acceptors (Lipinski definition) is 5. The molecule has 1 heterocycles. The van der Waals surface area contributed by atoms with E-state index < -0.39 is 18.3 Å². The predicted molar refractivity (Wildman–Crippen MR) is 53.5 cm³/mol. The van der Waals surface area contributed by atoms with Crippen molar-refractivity contribution in [2.45, 2.75) is 37.3 Å². The maximum absolute atomic E-state index is 10.7. The molecule has 0 bridgehead atoms. The first kappa shape index (κ1) is 11.4. The number of hydrogen-bond donors (Lipinski definition) is 2. The number of primary amides is 1. The summed E-state index contributed by atoms with van der Waals surface area (Å²) in [5.74, 6) is 0. The fraction of sp³-hybridized carbons (Fsp3) is 0.700. The topological polar surface area (TPSA) is 91.0 Å². The Hall–Kier alpha value is -1.11. The Morgan fingerprint density at radius 2 is 2.00 bits per heavy atom. The molecule has 2 aliphatic rings. The van der Waals surface area contributed by atoms with Crippen LogP contribution in [0, 0.1) is 0 Å². The summed E-state index contributed by atoms with van der Waals surface area (Å²) in [6.45, 7) is 0.214. The number of rotatable bonds is 1. The van der Waals surface area contributed by atoms with Gasteiger partial charge in [-0.05, 0) is 6.08 Å². The van der Waals surface area contributed by atoms with Crippen molar-refractivity contribution in [2.24, 2.45) is 5.73 Å². The lowest BCUT2D eigenvalue weighted by atomic mass is 9.97. The average molecular weight is 229 g/mol. The van der Waals surface area contributed by atoms with Crippen molar-refractivity contribution in [3.05, 3.63) is 12.2 Å². The van der Waals surface area contributed by atoms with Gasteiger partial charge in [0.15, 0.2) is 0 Å². The molecule has 0 spiro atoms. The van der Waals surface area contributed by atoms with E-state index in [9.17, 15) is 9.90 Å². The van der Waals surface area contributed by atoms with Gasteiger partial charge in [-0.3, -0.25) is 0 Å². The Balaban J connectivity index is 2.05. The van der Waals surface area contributed by atoms with Gasteiger partial charge in [0.05, 0.1) is 18.3 Å².